The van der Waals surface area contributed by atoms with E-state index in [0.29, 0.717) is 30.5 Å². The van der Waals surface area contributed by atoms with Crippen LogP contribution >= 0.6 is 0 Å². The lowest BCUT2D eigenvalue weighted by molar-refractivity contribution is -0.250. The first kappa shape index (κ1) is 27.3. The smallest absolute Gasteiger partial charge is 0.373 e. The molecule has 0 saturated carbocycles. The predicted molar refractivity (Wildman–Crippen MR) is 118 cm³/mol. The van der Waals surface area contributed by atoms with Crippen molar-refractivity contribution in [2.24, 2.45) is 0 Å². The molecule has 0 bridgehead atoms. The van der Waals surface area contributed by atoms with Gasteiger partial charge in [0.25, 0.3) is 5.91 Å². The van der Waals surface area contributed by atoms with Crippen molar-refractivity contribution >= 4 is 5.91 Å². The Morgan fingerprint density at radius 1 is 1.00 bits per heavy atom. The molecular weight excluding hydrogens is 510 g/mol. The minimum atomic E-state index is -5.23. The minimum Gasteiger partial charge on any atom is -0.373 e. The summed E-state index contributed by atoms with van der Waals surface area (Å²) in [7, 11) is 0. The fourth-order valence-corrected chi connectivity index (χ4v) is 5.63. The Kier molecular flexibility index (Phi) is 6.41. The van der Waals surface area contributed by atoms with E-state index in [1.54, 1.807) is 0 Å². The van der Waals surface area contributed by atoms with Gasteiger partial charge in [0.1, 0.15) is 5.82 Å². The standard InChI is InChI=1S/C26H25F8NO2/c1-22(28,25(29,30)31)17-6-9-19-16(13-17)5-10-20-24(19,14-15-3-7-18(27)8-4-15)11-12-35(20)21(36)23(2,37)26(32,33)34/h3-4,6-9,13,20,37H,5,10-12,14H2,1-2H3/t20-,22?,23+,24-/m1/s1. The maximum absolute atomic E-state index is 14.7. The number of nitrogens with zero attached hydrogens (tertiary/aromatic N) is 1. The summed E-state index contributed by atoms with van der Waals surface area (Å²) in [6.45, 7) is 0.670. The van der Waals surface area contributed by atoms with Crippen LogP contribution in [-0.2, 0) is 28.7 Å². The number of alkyl halides is 7. The number of rotatable bonds is 4. The Balaban J connectivity index is 1.81. The van der Waals surface area contributed by atoms with Crippen LogP contribution in [0.15, 0.2) is 42.5 Å². The maximum Gasteiger partial charge on any atom is 0.426 e. The third-order valence-electron chi connectivity index (χ3n) is 7.88. The van der Waals surface area contributed by atoms with Crippen LogP contribution in [0, 0.1) is 5.82 Å². The first-order chi connectivity index (χ1) is 16.9. The zero-order valence-corrected chi connectivity index (χ0v) is 20.0. The number of fused-ring (bicyclic) bond motifs is 3. The SMILES string of the molecule is CC(F)(c1ccc2c(c1)CC[C@H]1N(C(=O)[C@](C)(O)C(F)(F)F)CC[C@@]21Cc1ccc(F)cc1)C(F)(F)F. The van der Waals surface area contributed by atoms with Crippen molar-refractivity contribution in [1.82, 2.24) is 4.90 Å². The topological polar surface area (TPSA) is 40.5 Å². The van der Waals surface area contributed by atoms with E-state index in [0.717, 1.165) is 17.0 Å². The van der Waals surface area contributed by atoms with Gasteiger partial charge in [-0.15, -0.1) is 0 Å². The fourth-order valence-electron chi connectivity index (χ4n) is 5.63. The lowest BCUT2D eigenvalue weighted by atomic mass is 9.63. The molecule has 1 aliphatic heterocycles. The van der Waals surface area contributed by atoms with Crippen molar-refractivity contribution in [1.29, 1.82) is 0 Å². The molecule has 4 atom stereocenters. The number of amides is 1. The van der Waals surface area contributed by atoms with E-state index in [9.17, 15) is 45.0 Å². The highest BCUT2D eigenvalue weighted by Crippen LogP contribution is 2.51. The van der Waals surface area contributed by atoms with Gasteiger partial charge in [-0.05, 0) is 73.9 Å². The predicted octanol–water partition coefficient (Wildman–Crippen LogP) is 5.91. The van der Waals surface area contributed by atoms with Gasteiger partial charge in [0.15, 0.2) is 0 Å². The molecule has 0 aromatic heterocycles. The number of carbonyl (C=O) groups excluding carboxylic acids is 1. The van der Waals surface area contributed by atoms with Gasteiger partial charge in [-0.2, -0.15) is 26.3 Å². The average molecular weight is 535 g/mol. The summed E-state index contributed by atoms with van der Waals surface area (Å²) < 4.78 is 109. The van der Waals surface area contributed by atoms with Crippen molar-refractivity contribution in [3.63, 3.8) is 0 Å². The van der Waals surface area contributed by atoms with Crippen molar-refractivity contribution in [2.45, 2.75) is 74.6 Å². The zero-order valence-electron chi connectivity index (χ0n) is 20.0. The lowest BCUT2D eigenvalue weighted by Gasteiger charge is -2.45. The van der Waals surface area contributed by atoms with E-state index in [4.69, 9.17) is 0 Å². The van der Waals surface area contributed by atoms with Gasteiger partial charge in [-0.1, -0.05) is 30.3 Å². The molecular formula is C26H25F8NO2. The second-order valence-electron chi connectivity index (χ2n) is 10.2. The van der Waals surface area contributed by atoms with Crippen LogP contribution in [0.1, 0.15) is 48.9 Å². The highest BCUT2D eigenvalue weighted by atomic mass is 19.4. The summed E-state index contributed by atoms with van der Waals surface area (Å²) >= 11 is 0. The fraction of sp³-hybridized carbons (Fsp3) is 0.500. The number of hydrogen-bond donors (Lipinski definition) is 1. The third-order valence-corrected chi connectivity index (χ3v) is 7.88. The number of carbonyl (C=O) groups is 1. The van der Waals surface area contributed by atoms with Gasteiger partial charge in [0.05, 0.1) is 0 Å². The summed E-state index contributed by atoms with van der Waals surface area (Å²) in [5.41, 5.74) is -7.38. The lowest BCUT2D eigenvalue weighted by Crippen LogP contribution is -2.59. The van der Waals surface area contributed by atoms with Crippen LogP contribution < -0.4 is 0 Å². The van der Waals surface area contributed by atoms with Crippen molar-refractivity contribution < 1.29 is 45.0 Å². The molecule has 0 spiro atoms. The van der Waals surface area contributed by atoms with Crippen molar-refractivity contribution in [2.75, 3.05) is 6.54 Å². The Morgan fingerprint density at radius 2 is 1.62 bits per heavy atom. The minimum absolute atomic E-state index is 0.0882. The largest absolute Gasteiger partial charge is 0.426 e. The number of benzene rings is 2. The van der Waals surface area contributed by atoms with E-state index >= 15 is 0 Å². The van der Waals surface area contributed by atoms with Crippen LogP contribution in [0.25, 0.3) is 0 Å². The number of likely N-dealkylation sites (tertiary alicyclic amines) is 1. The molecule has 37 heavy (non-hydrogen) atoms. The quantitative estimate of drug-likeness (QED) is 0.495. The van der Waals surface area contributed by atoms with Gasteiger partial charge in [0.2, 0.25) is 11.3 Å². The highest BCUT2D eigenvalue weighted by molar-refractivity contribution is 5.86. The van der Waals surface area contributed by atoms with Gasteiger partial charge < -0.3 is 10.0 Å². The summed E-state index contributed by atoms with van der Waals surface area (Å²) in [4.78, 5) is 13.9. The Morgan fingerprint density at radius 3 is 2.19 bits per heavy atom. The summed E-state index contributed by atoms with van der Waals surface area (Å²) in [5.74, 6) is -2.02. The van der Waals surface area contributed by atoms with E-state index in [-0.39, 0.29) is 32.2 Å². The number of aliphatic hydroxyl groups is 1. The number of aryl methyl sites for hydroxylation is 1. The van der Waals surface area contributed by atoms with Crippen LogP contribution in [-0.4, -0.2) is 46.5 Å². The maximum atomic E-state index is 14.7. The molecule has 2 aromatic carbocycles. The van der Waals surface area contributed by atoms with Crippen LogP contribution in [0.2, 0.25) is 0 Å². The molecule has 3 nitrogen and oxygen atoms in total. The van der Waals surface area contributed by atoms with E-state index in [1.165, 1.54) is 30.3 Å². The van der Waals surface area contributed by atoms with E-state index < -0.39 is 52.4 Å². The van der Waals surface area contributed by atoms with Crippen LogP contribution in [0.4, 0.5) is 35.1 Å². The van der Waals surface area contributed by atoms with Gasteiger partial charge in [-0.25, -0.2) is 8.78 Å². The highest BCUT2D eigenvalue weighted by Gasteiger charge is 2.62. The first-order valence-corrected chi connectivity index (χ1v) is 11.7. The van der Waals surface area contributed by atoms with Gasteiger partial charge >= 0.3 is 12.4 Å². The van der Waals surface area contributed by atoms with Crippen molar-refractivity contribution in [3.8, 4) is 0 Å². The summed E-state index contributed by atoms with van der Waals surface area (Å²) in [5, 5.41) is 10.1. The molecule has 1 aliphatic carbocycles. The molecule has 1 saturated heterocycles. The van der Waals surface area contributed by atoms with Crippen molar-refractivity contribution in [3.05, 3.63) is 70.5 Å². The van der Waals surface area contributed by atoms with Gasteiger partial charge in [-0.3, -0.25) is 4.79 Å². The van der Waals surface area contributed by atoms with Crippen LogP contribution in [0.5, 0.6) is 0 Å². The normalized spacial score (nSPS) is 25.2. The Hall–Kier alpha value is -2.69. The molecule has 202 valence electrons. The van der Waals surface area contributed by atoms with Gasteiger partial charge in [0, 0.05) is 18.0 Å². The molecule has 4 rings (SSSR count). The third kappa shape index (κ3) is 4.38. The molecule has 1 heterocycles. The molecule has 0 radical (unpaired) electrons. The Bertz CT molecular complexity index is 1190. The molecule has 1 fully saturated rings. The Labute approximate surface area is 208 Å². The molecule has 1 unspecified atom stereocenters. The van der Waals surface area contributed by atoms with E-state index in [2.05, 4.69) is 0 Å². The molecule has 11 heteroatoms. The second kappa shape index (κ2) is 8.68. The first-order valence-electron chi connectivity index (χ1n) is 11.7. The summed E-state index contributed by atoms with van der Waals surface area (Å²) in [6.07, 6.45) is -9.92. The van der Waals surface area contributed by atoms with E-state index in [1.807, 2.05) is 0 Å². The molecule has 1 N–H and O–H groups in total. The average Bonchev–Trinajstić information content (AvgIpc) is 3.17. The zero-order chi connectivity index (χ0) is 27.6. The molecule has 2 aliphatic rings. The molecule has 1 amide bonds. The van der Waals surface area contributed by atoms with Crippen LogP contribution in [0.3, 0.4) is 0 Å². The molecule has 2 aromatic rings. The number of halogens is 8. The monoisotopic (exact) mass is 535 g/mol. The number of hydrogen-bond acceptors (Lipinski definition) is 2. The second-order valence-corrected chi connectivity index (χ2v) is 10.2. The summed E-state index contributed by atoms with van der Waals surface area (Å²) in [6, 6.07) is 8.05.